The highest BCUT2D eigenvalue weighted by atomic mass is 16.5. The number of nitrogens with one attached hydrogen (secondary N) is 1. The summed E-state index contributed by atoms with van der Waals surface area (Å²) in [5, 5.41) is 13.4. The first kappa shape index (κ1) is 18.0. The van der Waals surface area contributed by atoms with Gasteiger partial charge in [0.25, 0.3) is 0 Å². The molecule has 0 aromatic carbocycles. The van der Waals surface area contributed by atoms with Crippen molar-refractivity contribution >= 4 is 11.8 Å². The minimum absolute atomic E-state index is 0.00106. The average molecular weight is 361 g/mol. The number of aliphatic hydroxyl groups is 1. The number of piperidine rings is 1. The van der Waals surface area contributed by atoms with Crippen molar-refractivity contribution in [3.8, 4) is 0 Å². The maximum Gasteiger partial charge on any atom is 0.227 e. The lowest BCUT2D eigenvalue weighted by Crippen LogP contribution is -2.45. The predicted molar refractivity (Wildman–Crippen MR) is 103 cm³/mol. The van der Waals surface area contributed by atoms with E-state index in [1.165, 1.54) is 30.5 Å². The summed E-state index contributed by atoms with van der Waals surface area (Å²) >= 11 is 0. The first-order valence-electron chi connectivity index (χ1n) is 10.3. The van der Waals surface area contributed by atoms with Gasteiger partial charge in [0, 0.05) is 38.9 Å². The quantitative estimate of drug-likeness (QED) is 0.841. The van der Waals surface area contributed by atoms with Gasteiger partial charge in [-0.05, 0) is 63.2 Å². The van der Waals surface area contributed by atoms with Gasteiger partial charge in [0.05, 0.1) is 11.8 Å². The Labute approximate surface area is 156 Å². The number of rotatable bonds is 5. The van der Waals surface area contributed by atoms with Crippen molar-refractivity contribution in [3.63, 3.8) is 0 Å². The lowest BCUT2D eigenvalue weighted by molar-refractivity contribution is -0.0355. The van der Waals surface area contributed by atoms with Crippen molar-refractivity contribution in [2.75, 3.05) is 43.6 Å². The van der Waals surface area contributed by atoms with Crippen molar-refractivity contribution in [1.29, 1.82) is 0 Å². The van der Waals surface area contributed by atoms with Crippen LogP contribution in [0.2, 0.25) is 0 Å². The molecule has 26 heavy (non-hydrogen) atoms. The Morgan fingerprint density at radius 1 is 1.19 bits per heavy atom. The number of ether oxygens (including phenoxy) is 1. The molecular formula is C20H32N4O2. The molecule has 3 aliphatic rings. The van der Waals surface area contributed by atoms with Crippen LogP contribution in [0.15, 0.2) is 0 Å². The highest BCUT2D eigenvalue weighted by molar-refractivity contribution is 5.52. The van der Waals surface area contributed by atoms with Gasteiger partial charge in [0.2, 0.25) is 5.95 Å². The van der Waals surface area contributed by atoms with Crippen molar-refractivity contribution in [2.24, 2.45) is 5.41 Å². The second-order valence-corrected chi connectivity index (χ2v) is 8.24. The fourth-order valence-corrected chi connectivity index (χ4v) is 4.83. The van der Waals surface area contributed by atoms with E-state index in [1.807, 2.05) is 7.05 Å². The van der Waals surface area contributed by atoms with Gasteiger partial charge in [-0.1, -0.05) is 0 Å². The molecular weight excluding hydrogens is 328 g/mol. The fourth-order valence-electron chi connectivity index (χ4n) is 4.83. The maximum absolute atomic E-state index is 10.1. The normalized spacial score (nSPS) is 25.2. The molecule has 0 saturated carbocycles. The molecule has 1 aromatic heterocycles. The summed E-state index contributed by atoms with van der Waals surface area (Å²) in [4.78, 5) is 12.0. The molecule has 2 aliphatic heterocycles. The molecule has 4 rings (SSSR count). The van der Waals surface area contributed by atoms with Gasteiger partial charge in [-0.25, -0.2) is 4.98 Å². The van der Waals surface area contributed by atoms with Crippen LogP contribution in [0.1, 0.15) is 56.2 Å². The summed E-state index contributed by atoms with van der Waals surface area (Å²) in [5.41, 5.74) is 2.52. The van der Waals surface area contributed by atoms with Crippen molar-refractivity contribution in [1.82, 2.24) is 9.97 Å². The second-order valence-electron chi connectivity index (χ2n) is 8.24. The van der Waals surface area contributed by atoms with Crippen LogP contribution in [0.4, 0.5) is 11.8 Å². The monoisotopic (exact) mass is 360 g/mol. The second kappa shape index (κ2) is 7.69. The number of aromatic nitrogens is 2. The zero-order valence-electron chi connectivity index (χ0n) is 16.0. The van der Waals surface area contributed by atoms with Gasteiger partial charge < -0.3 is 20.1 Å². The van der Waals surface area contributed by atoms with Gasteiger partial charge in [0.1, 0.15) is 5.82 Å². The lowest BCUT2D eigenvalue weighted by atomic mass is 9.74. The minimum Gasteiger partial charge on any atom is -0.396 e. The molecule has 1 aliphatic carbocycles. The van der Waals surface area contributed by atoms with Crippen molar-refractivity contribution < 1.29 is 9.84 Å². The fraction of sp³-hybridized carbons (Fsp3) is 0.800. The van der Waals surface area contributed by atoms with Crippen LogP contribution in [-0.2, 0) is 17.6 Å². The number of hydrogen-bond donors (Lipinski definition) is 2. The van der Waals surface area contributed by atoms with Crippen molar-refractivity contribution in [2.45, 2.75) is 63.9 Å². The number of anilines is 2. The standard InChI is InChI=1S/C20H32N4O2/c1-21-18-16-6-4-7-17(16)22-19(23-18)24-10-8-20(14-25,9-11-24)13-15-5-2-3-12-26-15/h15,25H,2-14H2,1H3,(H,21,22,23)/t15-/m0/s1. The lowest BCUT2D eigenvalue weighted by Gasteiger charge is -2.43. The summed E-state index contributed by atoms with van der Waals surface area (Å²) in [7, 11) is 1.95. The summed E-state index contributed by atoms with van der Waals surface area (Å²) in [6.45, 7) is 2.96. The van der Waals surface area contributed by atoms with E-state index in [0.29, 0.717) is 6.10 Å². The SMILES string of the molecule is CNc1nc(N2CCC(CO)(C[C@@H]3CCCCO3)CC2)nc2c1CCC2. The largest absolute Gasteiger partial charge is 0.396 e. The molecule has 0 bridgehead atoms. The van der Waals surface area contributed by atoms with E-state index >= 15 is 0 Å². The Balaban J connectivity index is 1.44. The highest BCUT2D eigenvalue weighted by Gasteiger charge is 2.38. The van der Waals surface area contributed by atoms with Gasteiger partial charge in [-0.3, -0.25) is 0 Å². The number of aryl methyl sites for hydroxylation is 1. The molecule has 2 N–H and O–H groups in total. The number of nitrogens with zero attached hydrogens (tertiary/aromatic N) is 3. The van der Waals surface area contributed by atoms with Gasteiger partial charge in [-0.2, -0.15) is 4.98 Å². The van der Waals surface area contributed by atoms with Crippen LogP contribution in [0.5, 0.6) is 0 Å². The Bertz CT molecular complexity index is 622. The number of fused-ring (bicyclic) bond motifs is 1. The zero-order chi connectivity index (χ0) is 18.0. The van der Waals surface area contributed by atoms with Crippen LogP contribution in [0.25, 0.3) is 0 Å². The Morgan fingerprint density at radius 3 is 2.73 bits per heavy atom. The van der Waals surface area contributed by atoms with Crippen LogP contribution in [-0.4, -0.2) is 54.5 Å². The first-order valence-corrected chi connectivity index (χ1v) is 10.3. The van der Waals surface area contributed by atoms with Gasteiger partial charge in [-0.15, -0.1) is 0 Å². The summed E-state index contributed by atoms with van der Waals surface area (Å²) in [5.74, 6) is 1.85. The minimum atomic E-state index is 0.00106. The molecule has 1 aromatic rings. The van der Waals surface area contributed by atoms with Crippen molar-refractivity contribution in [3.05, 3.63) is 11.3 Å². The van der Waals surface area contributed by atoms with Crippen LogP contribution in [0, 0.1) is 5.41 Å². The Hall–Kier alpha value is -1.40. The Kier molecular flexibility index (Phi) is 5.32. The predicted octanol–water partition coefficient (Wildman–Crippen LogP) is 2.55. The van der Waals surface area contributed by atoms with E-state index in [-0.39, 0.29) is 12.0 Å². The summed E-state index contributed by atoms with van der Waals surface area (Å²) in [6, 6.07) is 0. The van der Waals surface area contributed by atoms with Crippen LogP contribution in [0.3, 0.4) is 0 Å². The van der Waals surface area contributed by atoms with E-state index in [4.69, 9.17) is 14.7 Å². The number of hydrogen-bond acceptors (Lipinski definition) is 6. The average Bonchev–Trinajstić information content (AvgIpc) is 3.17. The molecule has 0 spiro atoms. The highest BCUT2D eigenvalue weighted by Crippen LogP contribution is 2.39. The Morgan fingerprint density at radius 2 is 2.04 bits per heavy atom. The third-order valence-electron chi connectivity index (χ3n) is 6.54. The molecule has 144 valence electrons. The van der Waals surface area contributed by atoms with E-state index in [9.17, 15) is 5.11 Å². The maximum atomic E-state index is 10.1. The molecule has 2 saturated heterocycles. The molecule has 1 atom stereocenters. The van der Waals surface area contributed by atoms with E-state index in [0.717, 1.165) is 70.0 Å². The first-order chi connectivity index (χ1) is 12.7. The third kappa shape index (κ3) is 3.54. The molecule has 6 nitrogen and oxygen atoms in total. The third-order valence-corrected chi connectivity index (χ3v) is 6.54. The van der Waals surface area contributed by atoms with Crippen LogP contribution < -0.4 is 10.2 Å². The molecule has 3 heterocycles. The molecule has 2 fully saturated rings. The molecule has 6 heteroatoms. The van der Waals surface area contributed by atoms with E-state index < -0.39 is 0 Å². The molecule has 0 radical (unpaired) electrons. The molecule has 0 unspecified atom stereocenters. The topological polar surface area (TPSA) is 70.5 Å². The van der Waals surface area contributed by atoms with Crippen LogP contribution >= 0.6 is 0 Å². The van der Waals surface area contributed by atoms with E-state index in [2.05, 4.69) is 10.2 Å². The summed E-state index contributed by atoms with van der Waals surface area (Å²) in [6.07, 6.45) is 10.2. The van der Waals surface area contributed by atoms with E-state index in [1.54, 1.807) is 0 Å². The summed E-state index contributed by atoms with van der Waals surface area (Å²) < 4.78 is 5.94. The molecule has 0 amide bonds. The number of aliphatic hydroxyl groups excluding tert-OH is 1. The smallest absolute Gasteiger partial charge is 0.227 e. The van der Waals surface area contributed by atoms with Gasteiger partial charge >= 0.3 is 0 Å². The zero-order valence-corrected chi connectivity index (χ0v) is 16.0. The van der Waals surface area contributed by atoms with Gasteiger partial charge in [0.15, 0.2) is 0 Å².